The van der Waals surface area contributed by atoms with Gasteiger partial charge in [0.25, 0.3) is 0 Å². The highest BCUT2D eigenvalue weighted by Crippen LogP contribution is 2.19. The maximum Gasteiger partial charge on any atom is 0.181 e. The largest absolute Gasteiger partial charge is 0.293 e. The van der Waals surface area contributed by atoms with Crippen molar-refractivity contribution in [2.75, 3.05) is 5.75 Å². The zero-order valence-electron chi connectivity index (χ0n) is 10.9. The third kappa shape index (κ3) is 3.95. The Labute approximate surface area is 125 Å². The Hall–Kier alpha value is -1.60. The molecule has 0 saturated heterocycles. The van der Waals surface area contributed by atoms with Crippen molar-refractivity contribution >= 4 is 27.0 Å². The topological polar surface area (TPSA) is 51.2 Å². The minimum absolute atomic E-state index is 0.0720. The quantitative estimate of drug-likeness (QED) is 0.602. The minimum Gasteiger partial charge on any atom is -0.293 e. The number of thiophene rings is 1. The van der Waals surface area contributed by atoms with Crippen LogP contribution in [0.1, 0.15) is 22.5 Å². The third-order valence-electron chi connectivity index (χ3n) is 2.84. The second-order valence-corrected chi connectivity index (χ2v) is 7.42. The van der Waals surface area contributed by atoms with Crippen molar-refractivity contribution in [2.45, 2.75) is 17.7 Å². The Bertz CT molecular complexity index is 738. The van der Waals surface area contributed by atoms with Crippen LogP contribution in [0.5, 0.6) is 0 Å². The van der Waals surface area contributed by atoms with E-state index in [-0.39, 0.29) is 24.4 Å². The van der Waals surface area contributed by atoms with Gasteiger partial charge in [-0.3, -0.25) is 4.79 Å². The highest BCUT2D eigenvalue weighted by molar-refractivity contribution is 7.91. The smallest absolute Gasteiger partial charge is 0.181 e. The first-order valence-electron chi connectivity index (χ1n) is 6.14. The summed E-state index contributed by atoms with van der Waals surface area (Å²) >= 11 is 1.29. The van der Waals surface area contributed by atoms with Gasteiger partial charge in [-0.1, -0.05) is 6.07 Å². The number of rotatable bonds is 6. The molecule has 3 nitrogen and oxygen atoms in total. The van der Waals surface area contributed by atoms with Gasteiger partial charge in [0, 0.05) is 12.5 Å². The van der Waals surface area contributed by atoms with Gasteiger partial charge in [0.05, 0.1) is 10.6 Å². The molecule has 0 aliphatic carbocycles. The van der Waals surface area contributed by atoms with Gasteiger partial charge in [0.1, 0.15) is 16.5 Å². The van der Waals surface area contributed by atoms with Crippen LogP contribution in [-0.2, 0) is 9.84 Å². The molecule has 0 saturated carbocycles. The second-order valence-electron chi connectivity index (χ2n) is 4.40. The minimum atomic E-state index is -3.86. The Morgan fingerprint density at radius 2 is 1.95 bits per heavy atom. The summed E-state index contributed by atoms with van der Waals surface area (Å²) in [5.74, 6) is -2.44. The number of ketones is 1. The number of benzene rings is 1. The average Bonchev–Trinajstić information content (AvgIpc) is 2.91. The molecule has 0 amide bonds. The van der Waals surface area contributed by atoms with E-state index in [1.54, 1.807) is 17.5 Å². The van der Waals surface area contributed by atoms with Crippen molar-refractivity contribution in [1.29, 1.82) is 0 Å². The first-order valence-corrected chi connectivity index (χ1v) is 8.68. The first kappa shape index (κ1) is 15.8. The molecule has 2 rings (SSSR count). The Morgan fingerprint density at radius 3 is 2.57 bits per heavy atom. The van der Waals surface area contributed by atoms with Gasteiger partial charge in [-0.15, -0.1) is 11.3 Å². The van der Waals surface area contributed by atoms with Gasteiger partial charge in [0.15, 0.2) is 15.6 Å². The van der Waals surface area contributed by atoms with Crippen molar-refractivity contribution in [2.24, 2.45) is 0 Å². The molecule has 0 bridgehead atoms. The number of hydrogen-bond acceptors (Lipinski definition) is 4. The molecule has 1 aromatic heterocycles. The van der Waals surface area contributed by atoms with E-state index in [4.69, 9.17) is 0 Å². The van der Waals surface area contributed by atoms with Crippen LogP contribution in [0.15, 0.2) is 40.6 Å². The fourth-order valence-corrected chi connectivity index (χ4v) is 3.89. The molecule has 0 aliphatic heterocycles. The SMILES string of the molecule is O=C(CCCS(=O)(=O)c1ccc(F)cc1F)c1cccs1. The second kappa shape index (κ2) is 6.44. The predicted molar refractivity (Wildman–Crippen MR) is 76.3 cm³/mol. The molecule has 0 fully saturated rings. The van der Waals surface area contributed by atoms with Crippen LogP contribution < -0.4 is 0 Å². The molecule has 0 N–H and O–H groups in total. The van der Waals surface area contributed by atoms with Crippen LogP contribution in [0, 0.1) is 11.6 Å². The molecule has 112 valence electrons. The molecule has 0 atom stereocenters. The van der Waals surface area contributed by atoms with E-state index in [0.29, 0.717) is 10.9 Å². The highest BCUT2D eigenvalue weighted by Gasteiger charge is 2.20. The molecule has 0 unspecified atom stereocenters. The highest BCUT2D eigenvalue weighted by atomic mass is 32.2. The summed E-state index contributed by atoms with van der Waals surface area (Å²) in [6.07, 6.45) is 0.165. The van der Waals surface area contributed by atoms with Crippen LogP contribution in [0.25, 0.3) is 0 Å². The number of carbonyl (C=O) groups excluding carboxylic acids is 1. The summed E-state index contributed by atoms with van der Waals surface area (Å²) in [6, 6.07) is 5.74. The molecule has 0 spiro atoms. The van der Waals surface area contributed by atoms with Crippen LogP contribution in [0.3, 0.4) is 0 Å². The van der Waals surface area contributed by atoms with Gasteiger partial charge >= 0.3 is 0 Å². The monoisotopic (exact) mass is 330 g/mol. The zero-order valence-corrected chi connectivity index (χ0v) is 12.5. The number of halogens is 2. The van der Waals surface area contributed by atoms with Crippen LogP contribution >= 0.6 is 11.3 Å². The Morgan fingerprint density at radius 1 is 1.19 bits per heavy atom. The summed E-state index contributed by atoms with van der Waals surface area (Å²) in [6.45, 7) is 0. The van der Waals surface area contributed by atoms with Crippen LogP contribution in [-0.4, -0.2) is 20.0 Å². The zero-order chi connectivity index (χ0) is 15.5. The average molecular weight is 330 g/mol. The van der Waals surface area contributed by atoms with E-state index in [1.165, 1.54) is 11.3 Å². The maximum atomic E-state index is 13.5. The van der Waals surface area contributed by atoms with Crippen molar-refractivity contribution < 1.29 is 22.0 Å². The molecule has 7 heteroatoms. The first-order chi connectivity index (χ1) is 9.90. The number of carbonyl (C=O) groups is 1. The van der Waals surface area contributed by atoms with Gasteiger partial charge in [-0.2, -0.15) is 0 Å². The van der Waals surface area contributed by atoms with E-state index in [1.807, 2.05) is 0 Å². The Kier molecular flexibility index (Phi) is 4.84. The van der Waals surface area contributed by atoms with E-state index in [2.05, 4.69) is 0 Å². The normalized spacial score (nSPS) is 11.5. The standard InChI is InChI=1S/C14H12F2O3S2/c15-10-5-6-14(11(16)9-10)21(18,19)8-2-3-12(17)13-4-1-7-20-13/h1,4-7,9H,2-3,8H2. The van der Waals surface area contributed by atoms with Gasteiger partial charge in [0.2, 0.25) is 0 Å². The lowest BCUT2D eigenvalue weighted by atomic mass is 10.2. The lowest BCUT2D eigenvalue weighted by Gasteiger charge is -2.05. The number of Topliss-reactive ketones (excluding diaryl/α,β-unsaturated/α-hetero) is 1. The fraction of sp³-hybridized carbons (Fsp3) is 0.214. The molecule has 1 aromatic carbocycles. The molecule has 0 aliphatic rings. The van der Waals surface area contributed by atoms with Crippen LogP contribution in [0.4, 0.5) is 8.78 Å². The van der Waals surface area contributed by atoms with Gasteiger partial charge in [-0.25, -0.2) is 17.2 Å². The van der Waals surface area contributed by atoms with Crippen molar-refractivity contribution in [3.8, 4) is 0 Å². The summed E-state index contributed by atoms with van der Waals surface area (Å²) in [7, 11) is -3.86. The van der Waals surface area contributed by atoms with Crippen molar-refractivity contribution in [3.63, 3.8) is 0 Å². The van der Waals surface area contributed by atoms with E-state index < -0.39 is 26.4 Å². The molecule has 0 radical (unpaired) electrons. The summed E-state index contributed by atoms with van der Waals surface area (Å²) < 4.78 is 50.2. The summed E-state index contributed by atoms with van der Waals surface area (Å²) in [4.78, 5) is 11.8. The summed E-state index contributed by atoms with van der Waals surface area (Å²) in [5, 5.41) is 1.76. The Balaban J connectivity index is 2.00. The third-order valence-corrected chi connectivity index (χ3v) is 5.58. The van der Waals surface area contributed by atoms with Crippen molar-refractivity contribution in [3.05, 3.63) is 52.2 Å². The van der Waals surface area contributed by atoms with Crippen LogP contribution in [0.2, 0.25) is 0 Å². The number of hydrogen-bond donors (Lipinski definition) is 0. The predicted octanol–water partition coefficient (Wildman–Crippen LogP) is 3.46. The molecule has 21 heavy (non-hydrogen) atoms. The maximum absolute atomic E-state index is 13.5. The fourth-order valence-electron chi connectivity index (χ4n) is 1.82. The van der Waals surface area contributed by atoms with Crippen molar-refractivity contribution in [1.82, 2.24) is 0 Å². The lowest BCUT2D eigenvalue weighted by Crippen LogP contribution is -2.10. The summed E-state index contributed by atoms with van der Waals surface area (Å²) in [5.41, 5.74) is 0. The van der Waals surface area contributed by atoms with Gasteiger partial charge < -0.3 is 0 Å². The molecule has 1 heterocycles. The lowest BCUT2D eigenvalue weighted by molar-refractivity contribution is 0.0986. The van der Waals surface area contributed by atoms with E-state index in [9.17, 15) is 22.0 Å². The number of sulfone groups is 1. The van der Waals surface area contributed by atoms with Gasteiger partial charge in [-0.05, 0) is 30.0 Å². The molecular weight excluding hydrogens is 318 g/mol. The van der Waals surface area contributed by atoms with E-state index in [0.717, 1.165) is 12.1 Å². The molecule has 2 aromatic rings. The molecular formula is C14H12F2O3S2. The van der Waals surface area contributed by atoms with E-state index >= 15 is 0 Å².